The lowest BCUT2D eigenvalue weighted by Crippen LogP contribution is -2.19. The third-order valence-electron chi connectivity index (χ3n) is 4.38. The van der Waals surface area contributed by atoms with E-state index in [4.69, 9.17) is 9.47 Å². The van der Waals surface area contributed by atoms with Crippen molar-refractivity contribution in [3.63, 3.8) is 0 Å². The average molecular weight is 393 g/mol. The summed E-state index contributed by atoms with van der Waals surface area (Å²) < 4.78 is 24.4. The Labute approximate surface area is 170 Å². The molecular formula is C24H24FNO3. The topological polar surface area (TPSA) is 47.6 Å². The molecule has 29 heavy (non-hydrogen) atoms. The van der Waals surface area contributed by atoms with Crippen molar-refractivity contribution in [2.24, 2.45) is 0 Å². The Morgan fingerprint density at radius 2 is 1.76 bits per heavy atom. The van der Waals surface area contributed by atoms with Gasteiger partial charge >= 0.3 is 0 Å². The van der Waals surface area contributed by atoms with Crippen LogP contribution < -0.4 is 10.1 Å². The largest absolute Gasteiger partial charge is 0.489 e. The molecule has 0 saturated heterocycles. The molecule has 0 aliphatic heterocycles. The van der Waals surface area contributed by atoms with E-state index < -0.39 is 0 Å². The zero-order chi connectivity index (χ0) is 20.5. The SMILES string of the molecule is Cc1cc(OCc2cccc(F)c2)ccc1NC(=O)COCCc1ccccc1. The van der Waals surface area contributed by atoms with Crippen LogP contribution in [0.5, 0.6) is 5.75 Å². The van der Waals surface area contributed by atoms with E-state index in [9.17, 15) is 9.18 Å². The molecule has 0 heterocycles. The highest BCUT2D eigenvalue weighted by Crippen LogP contribution is 2.22. The fraction of sp³-hybridized carbons (Fsp3) is 0.208. The number of hydrogen-bond acceptors (Lipinski definition) is 3. The molecule has 0 radical (unpaired) electrons. The van der Waals surface area contributed by atoms with E-state index in [2.05, 4.69) is 5.32 Å². The molecule has 0 aromatic heterocycles. The van der Waals surface area contributed by atoms with Crippen LogP contribution in [-0.2, 0) is 22.6 Å². The van der Waals surface area contributed by atoms with Gasteiger partial charge < -0.3 is 14.8 Å². The van der Waals surface area contributed by atoms with Gasteiger partial charge in [0, 0.05) is 5.69 Å². The Morgan fingerprint density at radius 3 is 2.52 bits per heavy atom. The van der Waals surface area contributed by atoms with E-state index in [-0.39, 0.29) is 24.9 Å². The molecule has 3 aromatic carbocycles. The second-order valence-corrected chi connectivity index (χ2v) is 6.73. The average Bonchev–Trinajstić information content (AvgIpc) is 2.72. The highest BCUT2D eigenvalue weighted by atomic mass is 19.1. The maximum Gasteiger partial charge on any atom is 0.250 e. The van der Waals surface area contributed by atoms with Crippen LogP contribution in [-0.4, -0.2) is 19.1 Å². The highest BCUT2D eigenvalue weighted by Gasteiger charge is 2.07. The van der Waals surface area contributed by atoms with Crippen LogP contribution in [0.4, 0.5) is 10.1 Å². The first-order valence-electron chi connectivity index (χ1n) is 9.49. The molecule has 0 unspecified atom stereocenters. The van der Waals surface area contributed by atoms with Gasteiger partial charge in [-0.15, -0.1) is 0 Å². The van der Waals surface area contributed by atoms with E-state index in [0.717, 1.165) is 17.5 Å². The monoisotopic (exact) mass is 393 g/mol. The summed E-state index contributed by atoms with van der Waals surface area (Å²) in [7, 11) is 0. The van der Waals surface area contributed by atoms with Crippen LogP contribution in [0.1, 0.15) is 16.7 Å². The number of amides is 1. The van der Waals surface area contributed by atoms with Gasteiger partial charge in [-0.3, -0.25) is 4.79 Å². The summed E-state index contributed by atoms with van der Waals surface area (Å²) in [5.74, 6) is 0.171. The summed E-state index contributed by atoms with van der Waals surface area (Å²) in [5, 5.41) is 2.85. The molecule has 0 bridgehead atoms. The molecule has 4 nitrogen and oxygen atoms in total. The number of nitrogens with one attached hydrogen (secondary N) is 1. The van der Waals surface area contributed by atoms with Gasteiger partial charge in [-0.1, -0.05) is 42.5 Å². The summed E-state index contributed by atoms with van der Waals surface area (Å²) >= 11 is 0. The Morgan fingerprint density at radius 1 is 0.966 bits per heavy atom. The second kappa shape index (κ2) is 10.4. The minimum atomic E-state index is -0.286. The van der Waals surface area contributed by atoms with Crippen LogP contribution in [0.2, 0.25) is 0 Å². The third-order valence-corrected chi connectivity index (χ3v) is 4.38. The molecule has 0 atom stereocenters. The number of benzene rings is 3. The fourth-order valence-corrected chi connectivity index (χ4v) is 2.85. The van der Waals surface area contributed by atoms with E-state index in [0.29, 0.717) is 18.0 Å². The van der Waals surface area contributed by atoms with Gasteiger partial charge in [-0.05, 0) is 60.4 Å². The molecule has 0 aliphatic rings. The zero-order valence-electron chi connectivity index (χ0n) is 16.4. The summed E-state index contributed by atoms with van der Waals surface area (Å²) in [6.45, 7) is 2.66. The molecule has 5 heteroatoms. The van der Waals surface area contributed by atoms with Crippen molar-refractivity contribution in [1.29, 1.82) is 0 Å². The van der Waals surface area contributed by atoms with Crippen molar-refractivity contribution < 1.29 is 18.7 Å². The van der Waals surface area contributed by atoms with Crippen LogP contribution in [0.25, 0.3) is 0 Å². The minimum Gasteiger partial charge on any atom is -0.489 e. The summed E-state index contributed by atoms with van der Waals surface area (Å²) in [5.41, 5.74) is 3.52. The van der Waals surface area contributed by atoms with Gasteiger partial charge in [0.15, 0.2) is 0 Å². The molecule has 0 fully saturated rings. The molecule has 0 spiro atoms. The van der Waals surface area contributed by atoms with Gasteiger partial charge in [0.25, 0.3) is 0 Å². The summed E-state index contributed by atoms with van der Waals surface area (Å²) in [6, 6.07) is 21.7. The van der Waals surface area contributed by atoms with Gasteiger partial charge in [0.1, 0.15) is 24.8 Å². The molecule has 3 aromatic rings. The maximum absolute atomic E-state index is 13.2. The van der Waals surface area contributed by atoms with Crippen molar-refractivity contribution in [1.82, 2.24) is 0 Å². The predicted molar refractivity (Wildman–Crippen MR) is 112 cm³/mol. The number of hydrogen-bond donors (Lipinski definition) is 1. The summed E-state index contributed by atoms with van der Waals surface area (Å²) in [4.78, 5) is 12.1. The second-order valence-electron chi connectivity index (χ2n) is 6.73. The van der Waals surface area contributed by atoms with Gasteiger partial charge in [-0.2, -0.15) is 0 Å². The van der Waals surface area contributed by atoms with E-state index in [1.807, 2.05) is 49.4 Å². The quantitative estimate of drug-likeness (QED) is 0.526. The van der Waals surface area contributed by atoms with Crippen LogP contribution in [0, 0.1) is 12.7 Å². The molecule has 3 rings (SSSR count). The molecule has 0 saturated carbocycles. The number of aryl methyl sites for hydroxylation is 1. The van der Waals surface area contributed by atoms with Crippen molar-refractivity contribution in [3.05, 3.63) is 95.3 Å². The number of carbonyl (C=O) groups excluding carboxylic acids is 1. The molecule has 0 aliphatic carbocycles. The Bertz CT molecular complexity index is 944. The number of rotatable bonds is 9. The van der Waals surface area contributed by atoms with E-state index in [1.165, 1.54) is 17.7 Å². The van der Waals surface area contributed by atoms with E-state index >= 15 is 0 Å². The fourth-order valence-electron chi connectivity index (χ4n) is 2.85. The number of anilines is 1. The van der Waals surface area contributed by atoms with Crippen molar-refractivity contribution in [2.45, 2.75) is 20.0 Å². The van der Waals surface area contributed by atoms with Crippen LogP contribution >= 0.6 is 0 Å². The smallest absolute Gasteiger partial charge is 0.250 e. The summed E-state index contributed by atoms with van der Waals surface area (Å²) in [6.07, 6.45) is 0.768. The van der Waals surface area contributed by atoms with Crippen LogP contribution in [0.15, 0.2) is 72.8 Å². The van der Waals surface area contributed by atoms with Crippen molar-refractivity contribution in [3.8, 4) is 5.75 Å². The molecular weight excluding hydrogens is 369 g/mol. The van der Waals surface area contributed by atoms with Crippen molar-refractivity contribution >= 4 is 11.6 Å². The lowest BCUT2D eigenvalue weighted by atomic mass is 10.2. The lowest BCUT2D eigenvalue weighted by molar-refractivity contribution is -0.120. The Hall–Kier alpha value is -3.18. The third kappa shape index (κ3) is 6.73. The first kappa shape index (κ1) is 20.6. The number of carbonyl (C=O) groups is 1. The maximum atomic E-state index is 13.2. The Kier molecular flexibility index (Phi) is 7.36. The number of ether oxygens (including phenoxy) is 2. The number of halogens is 1. The normalized spacial score (nSPS) is 10.6. The Balaban J connectivity index is 1.43. The van der Waals surface area contributed by atoms with Crippen LogP contribution in [0.3, 0.4) is 0 Å². The lowest BCUT2D eigenvalue weighted by Gasteiger charge is -2.12. The van der Waals surface area contributed by atoms with Gasteiger partial charge in [-0.25, -0.2) is 4.39 Å². The predicted octanol–water partition coefficient (Wildman–Crippen LogP) is 4.91. The minimum absolute atomic E-state index is 0.00406. The highest BCUT2D eigenvalue weighted by molar-refractivity contribution is 5.92. The van der Waals surface area contributed by atoms with Gasteiger partial charge in [0.05, 0.1) is 6.61 Å². The standard InChI is InChI=1S/C24H24FNO3/c1-18-14-22(29-16-20-8-5-9-21(25)15-20)10-11-23(18)26-24(27)17-28-13-12-19-6-3-2-4-7-19/h2-11,14-15H,12-13,16-17H2,1H3,(H,26,27). The first-order valence-corrected chi connectivity index (χ1v) is 9.49. The van der Waals surface area contributed by atoms with Crippen molar-refractivity contribution in [2.75, 3.05) is 18.5 Å². The van der Waals surface area contributed by atoms with E-state index in [1.54, 1.807) is 18.2 Å². The molecule has 150 valence electrons. The zero-order valence-corrected chi connectivity index (χ0v) is 16.4. The molecule has 1 N–H and O–H groups in total. The first-order chi connectivity index (χ1) is 14.1. The molecule has 1 amide bonds. The van der Waals surface area contributed by atoms with Gasteiger partial charge in [0.2, 0.25) is 5.91 Å².